The zero-order valence-corrected chi connectivity index (χ0v) is 13.4. The van der Waals surface area contributed by atoms with Crippen LogP contribution in [-0.4, -0.2) is 47.0 Å². The molecule has 6 nitrogen and oxygen atoms in total. The quantitative estimate of drug-likeness (QED) is 0.889. The second-order valence-corrected chi connectivity index (χ2v) is 5.91. The second kappa shape index (κ2) is 6.20. The highest BCUT2D eigenvalue weighted by Gasteiger charge is 2.24. The molecular weight excluding hydrogens is 346 g/mol. The highest BCUT2D eigenvalue weighted by Crippen LogP contribution is 2.19. The number of carbonyl (C=O) groups is 1. The molecule has 0 saturated carbocycles. The molecule has 1 N–H and O–H groups in total. The number of halogens is 1. The van der Waals surface area contributed by atoms with E-state index >= 15 is 0 Å². The first kappa shape index (κ1) is 14.6. The molecule has 0 radical (unpaired) electrons. The molecule has 0 bridgehead atoms. The maximum Gasteiger partial charge on any atom is 0.270 e. The number of anilines is 1. The van der Waals surface area contributed by atoms with Gasteiger partial charge in [0.15, 0.2) is 0 Å². The number of hydrogen-bond donors (Lipinski definition) is 1. The van der Waals surface area contributed by atoms with Crippen LogP contribution in [0.2, 0.25) is 0 Å². The summed E-state index contributed by atoms with van der Waals surface area (Å²) in [7, 11) is 0. The Morgan fingerprint density at radius 3 is 2.77 bits per heavy atom. The molecule has 1 aliphatic heterocycles. The maximum absolute atomic E-state index is 12.4. The molecule has 1 aliphatic rings. The fourth-order valence-electron chi connectivity index (χ4n) is 2.52. The summed E-state index contributed by atoms with van der Waals surface area (Å²) < 4.78 is 0.863. The number of piperazine rings is 1. The molecule has 1 amide bonds. The third-order valence-electron chi connectivity index (χ3n) is 3.65. The fraction of sp³-hybridized carbons (Fsp3) is 0.267. The van der Waals surface area contributed by atoms with Crippen LogP contribution in [0.4, 0.5) is 5.82 Å². The first-order valence-corrected chi connectivity index (χ1v) is 7.71. The van der Waals surface area contributed by atoms with Crippen LogP contribution < -0.4 is 4.90 Å². The third-order valence-corrected chi connectivity index (χ3v) is 4.11. The van der Waals surface area contributed by atoms with Gasteiger partial charge < -0.3 is 14.8 Å². The summed E-state index contributed by atoms with van der Waals surface area (Å²) in [6, 6.07) is 7.45. The number of carbonyl (C=O) groups excluding carboxylic acids is 1. The highest BCUT2D eigenvalue weighted by molar-refractivity contribution is 9.10. The number of H-pyrrole nitrogens is 1. The van der Waals surface area contributed by atoms with Crippen molar-refractivity contribution in [2.75, 3.05) is 31.1 Å². The van der Waals surface area contributed by atoms with Crippen molar-refractivity contribution < 1.29 is 4.79 Å². The lowest BCUT2D eigenvalue weighted by Gasteiger charge is -2.35. The van der Waals surface area contributed by atoms with E-state index < -0.39 is 0 Å². The van der Waals surface area contributed by atoms with E-state index in [-0.39, 0.29) is 5.91 Å². The van der Waals surface area contributed by atoms with Gasteiger partial charge in [-0.3, -0.25) is 4.79 Å². The van der Waals surface area contributed by atoms with Gasteiger partial charge in [0.1, 0.15) is 17.6 Å². The van der Waals surface area contributed by atoms with E-state index in [0.717, 1.165) is 4.47 Å². The summed E-state index contributed by atoms with van der Waals surface area (Å²) in [6.45, 7) is 2.55. The predicted octanol–water partition coefficient (Wildman–Crippen LogP) is 2.01. The van der Waals surface area contributed by atoms with Crippen LogP contribution in [0.5, 0.6) is 0 Å². The van der Waals surface area contributed by atoms with Gasteiger partial charge in [0, 0.05) is 43.0 Å². The minimum absolute atomic E-state index is 0.00752. The van der Waals surface area contributed by atoms with Crippen LogP contribution in [0.1, 0.15) is 16.1 Å². The highest BCUT2D eigenvalue weighted by atomic mass is 79.9. The normalized spacial score (nSPS) is 14.7. The molecule has 2 aromatic heterocycles. The summed E-state index contributed by atoms with van der Waals surface area (Å²) >= 11 is 3.33. The Hall–Kier alpha value is -2.33. The lowest BCUT2D eigenvalue weighted by atomic mass is 10.2. The van der Waals surface area contributed by atoms with Crippen LogP contribution in [0, 0.1) is 11.3 Å². The van der Waals surface area contributed by atoms with Crippen LogP contribution in [0.15, 0.2) is 35.1 Å². The number of nitriles is 1. The Balaban J connectivity index is 1.68. The standard InChI is InChI=1S/C15H14BrN5O/c16-12-8-13(19-10-12)15(22)21-6-4-20(5-7-21)14-11(9-17)2-1-3-18-14/h1-3,8,10,19H,4-7H2. The van der Waals surface area contributed by atoms with E-state index in [4.69, 9.17) is 5.26 Å². The number of aromatic nitrogens is 2. The topological polar surface area (TPSA) is 76.0 Å². The molecule has 112 valence electrons. The Bertz CT molecular complexity index is 728. The molecule has 3 rings (SSSR count). The van der Waals surface area contributed by atoms with Crippen LogP contribution in [0.3, 0.4) is 0 Å². The number of amides is 1. The lowest BCUT2D eigenvalue weighted by Crippen LogP contribution is -2.49. The zero-order chi connectivity index (χ0) is 15.5. The van der Waals surface area contributed by atoms with E-state index in [0.29, 0.717) is 43.3 Å². The molecule has 0 unspecified atom stereocenters. The SMILES string of the molecule is N#Cc1cccnc1N1CCN(C(=O)c2cc(Br)c[nH]2)CC1. The molecule has 0 spiro atoms. The Morgan fingerprint density at radius 1 is 1.36 bits per heavy atom. The molecule has 7 heteroatoms. The largest absolute Gasteiger partial charge is 0.356 e. The molecule has 0 aliphatic carbocycles. The lowest BCUT2D eigenvalue weighted by molar-refractivity contribution is 0.0741. The van der Waals surface area contributed by atoms with Crippen molar-refractivity contribution in [3.05, 3.63) is 46.3 Å². The number of pyridine rings is 1. The van der Waals surface area contributed by atoms with Crippen molar-refractivity contribution in [2.24, 2.45) is 0 Å². The number of nitrogens with zero attached hydrogens (tertiary/aromatic N) is 4. The molecular formula is C15H14BrN5O. The monoisotopic (exact) mass is 359 g/mol. The fourth-order valence-corrected chi connectivity index (χ4v) is 2.86. The minimum Gasteiger partial charge on any atom is -0.356 e. The van der Waals surface area contributed by atoms with Gasteiger partial charge in [0.2, 0.25) is 0 Å². The Kier molecular flexibility index (Phi) is 4.11. The van der Waals surface area contributed by atoms with Gasteiger partial charge in [-0.2, -0.15) is 5.26 Å². The number of nitrogens with one attached hydrogen (secondary N) is 1. The first-order chi connectivity index (χ1) is 10.7. The van der Waals surface area contributed by atoms with Crippen molar-refractivity contribution in [3.8, 4) is 6.07 Å². The minimum atomic E-state index is -0.00752. The molecule has 0 atom stereocenters. The van der Waals surface area contributed by atoms with Gasteiger partial charge in [-0.15, -0.1) is 0 Å². The average Bonchev–Trinajstić information content (AvgIpc) is 3.01. The van der Waals surface area contributed by atoms with Gasteiger partial charge in [-0.05, 0) is 34.1 Å². The van der Waals surface area contributed by atoms with Gasteiger partial charge in [-0.25, -0.2) is 4.98 Å². The molecule has 0 aromatic carbocycles. The first-order valence-electron chi connectivity index (χ1n) is 6.92. The summed E-state index contributed by atoms with van der Waals surface area (Å²) in [6.07, 6.45) is 3.43. The van der Waals surface area contributed by atoms with Crippen LogP contribution in [0.25, 0.3) is 0 Å². The molecule has 1 fully saturated rings. The van der Waals surface area contributed by atoms with E-state index in [9.17, 15) is 4.79 Å². The number of hydrogen-bond acceptors (Lipinski definition) is 4. The van der Waals surface area contributed by atoms with Crippen molar-refractivity contribution in [1.29, 1.82) is 5.26 Å². The summed E-state index contributed by atoms with van der Waals surface area (Å²) in [5, 5.41) is 9.15. The van der Waals surface area contributed by atoms with E-state index in [2.05, 4.69) is 32.0 Å². The molecule has 2 aromatic rings. The van der Waals surface area contributed by atoms with E-state index in [1.807, 2.05) is 9.80 Å². The van der Waals surface area contributed by atoms with Gasteiger partial charge >= 0.3 is 0 Å². The molecule has 3 heterocycles. The Morgan fingerprint density at radius 2 is 2.14 bits per heavy atom. The zero-order valence-electron chi connectivity index (χ0n) is 11.8. The Labute approximate surface area is 136 Å². The molecule has 22 heavy (non-hydrogen) atoms. The molecule has 1 saturated heterocycles. The van der Waals surface area contributed by atoms with Gasteiger partial charge in [0.05, 0.1) is 5.56 Å². The average molecular weight is 360 g/mol. The summed E-state index contributed by atoms with van der Waals surface area (Å²) in [5.41, 5.74) is 1.14. The van der Waals surface area contributed by atoms with Crippen molar-refractivity contribution >= 4 is 27.7 Å². The van der Waals surface area contributed by atoms with Gasteiger partial charge in [0.25, 0.3) is 5.91 Å². The smallest absolute Gasteiger partial charge is 0.270 e. The number of rotatable bonds is 2. The van der Waals surface area contributed by atoms with Crippen LogP contribution >= 0.6 is 15.9 Å². The maximum atomic E-state index is 12.4. The van der Waals surface area contributed by atoms with E-state index in [1.54, 1.807) is 30.6 Å². The van der Waals surface area contributed by atoms with Crippen molar-refractivity contribution in [1.82, 2.24) is 14.9 Å². The summed E-state index contributed by atoms with van der Waals surface area (Å²) in [4.78, 5) is 23.5. The van der Waals surface area contributed by atoms with Crippen LogP contribution in [-0.2, 0) is 0 Å². The third kappa shape index (κ3) is 2.83. The van der Waals surface area contributed by atoms with Crippen molar-refractivity contribution in [2.45, 2.75) is 0 Å². The predicted molar refractivity (Wildman–Crippen MR) is 85.6 cm³/mol. The summed E-state index contributed by atoms with van der Waals surface area (Å²) in [5.74, 6) is 0.687. The number of aromatic amines is 1. The van der Waals surface area contributed by atoms with Crippen molar-refractivity contribution in [3.63, 3.8) is 0 Å². The van der Waals surface area contributed by atoms with Gasteiger partial charge in [-0.1, -0.05) is 0 Å². The van der Waals surface area contributed by atoms with E-state index in [1.165, 1.54) is 0 Å². The second-order valence-electron chi connectivity index (χ2n) is 5.00.